The minimum atomic E-state index is -2.87. The lowest BCUT2D eigenvalue weighted by molar-refractivity contribution is 1.07. The molecule has 0 spiro atoms. The molecule has 2 heterocycles. The van der Waals surface area contributed by atoms with E-state index in [2.05, 4.69) is 237 Å². The Morgan fingerprint density at radius 1 is 0.314 bits per heavy atom. The van der Waals surface area contributed by atoms with E-state index in [9.17, 15) is 0 Å². The summed E-state index contributed by atoms with van der Waals surface area (Å²) in [7, 11) is -2.87. The molecule has 2 aromatic heterocycles. The SMILES string of the molecule is Cc1ccc(-c2ccc3c4ccccc4n(-c4ccc(-c5cccc([Si](c6ccccc6)(c6ccccc6)c6ccccc6)c5)c(-c5nc(-c6ccccc6)nc(-c6ccccc6)n5)c4)c3c2)c(C)c1. The number of nitrogens with zero attached hydrogens (tertiary/aromatic N) is 4. The van der Waals surface area contributed by atoms with Crippen molar-refractivity contribution < 1.29 is 0 Å². The quantitative estimate of drug-likeness (QED) is 0.101. The van der Waals surface area contributed by atoms with Gasteiger partial charge in [-0.3, -0.25) is 0 Å². The number of hydrogen-bond acceptors (Lipinski definition) is 3. The molecule has 5 heteroatoms. The van der Waals surface area contributed by atoms with Crippen molar-refractivity contribution in [3.8, 4) is 62.1 Å². The average Bonchev–Trinajstić information content (AvgIpc) is 3.76. The van der Waals surface area contributed by atoms with Crippen LogP contribution >= 0.6 is 0 Å². The van der Waals surface area contributed by atoms with Crippen LogP contribution in [-0.4, -0.2) is 27.6 Å². The lowest BCUT2D eigenvalue weighted by Gasteiger charge is -2.34. The molecule has 0 aliphatic heterocycles. The third kappa shape index (κ3) is 7.54. The third-order valence-electron chi connectivity index (χ3n) is 13.8. The normalized spacial score (nSPS) is 11.6. The van der Waals surface area contributed by atoms with Crippen molar-refractivity contribution in [1.29, 1.82) is 0 Å². The zero-order chi connectivity index (χ0) is 47.0. The number of para-hydroxylation sites is 1. The Morgan fingerprint density at radius 2 is 0.800 bits per heavy atom. The Morgan fingerprint density at radius 3 is 1.40 bits per heavy atom. The first kappa shape index (κ1) is 42.6. The van der Waals surface area contributed by atoms with Crippen molar-refractivity contribution in [3.05, 3.63) is 266 Å². The third-order valence-corrected chi connectivity index (χ3v) is 18.6. The van der Waals surface area contributed by atoms with Gasteiger partial charge in [-0.15, -0.1) is 0 Å². The van der Waals surface area contributed by atoms with Gasteiger partial charge in [0.15, 0.2) is 25.5 Å². The van der Waals surface area contributed by atoms with E-state index in [1.165, 1.54) is 53.8 Å². The van der Waals surface area contributed by atoms with Gasteiger partial charge in [0, 0.05) is 33.2 Å². The average molecular weight is 913 g/mol. The number of aryl methyl sites for hydroxylation is 2. The van der Waals surface area contributed by atoms with Gasteiger partial charge < -0.3 is 4.57 Å². The van der Waals surface area contributed by atoms with E-state index in [1.54, 1.807) is 0 Å². The first-order valence-electron chi connectivity index (χ1n) is 23.9. The highest BCUT2D eigenvalue weighted by molar-refractivity contribution is 7.19. The van der Waals surface area contributed by atoms with Crippen molar-refractivity contribution in [2.24, 2.45) is 0 Å². The maximum absolute atomic E-state index is 5.39. The van der Waals surface area contributed by atoms with Gasteiger partial charge in [-0.25, -0.2) is 15.0 Å². The lowest BCUT2D eigenvalue weighted by Crippen LogP contribution is -2.74. The zero-order valence-corrected chi connectivity index (χ0v) is 40.0. The highest BCUT2D eigenvalue weighted by Crippen LogP contribution is 2.39. The monoisotopic (exact) mass is 912 g/mol. The Balaban J connectivity index is 1.14. The van der Waals surface area contributed by atoms with Crippen molar-refractivity contribution in [2.75, 3.05) is 0 Å². The highest BCUT2D eigenvalue weighted by atomic mass is 28.3. The first-order valence-corrected chi connectivity index (χ1v) is 25.9. The van der Waals surface area contributed by atoms with E-state index in [1.807, 2.05) is 36.4 Å². The van der Waals surface area contributed by atoms with E-state index in [-0.39, 0.29) is 0 Å². The van der Waals surface area contributed by atoms with Gasteiger partial charge in [0.25, 0.3) is 0 Å². The summed E-state index contributed by atoms with van der Waals surface area (Å²) < 4.78 is 2.41. The second-order valence-electron chi connectivity index (χ2n) is 18.1. The summed E-state index contributed by atoms with van der Waals surface area (Å²) in [6.07, 6.45) is 0. The van der Waals surface area contributed by atoms with E-state index >= 15 is 0 Å². The Kier molecular flexibility index (Phi) is 11.0. The predicted molar refractivity (Wildman–Crippen MR) is 294 cm³/mol. The summed E-state index contributed by atoms with van der Waals surface area (Å²) in [5, 5.41) is 7.65. The summed E-state index contributed by atoms with van der Waals surface area (Å²) in [6, 6.07) is 92.3. The van der Waals surface area contributed by atoms with Crippen LogP contribution in [0.3, 0.4) is 0 Å². The number of rotatable bonds is 10. The molecule has 0 atom stereocenters. The van der Waals surface area contributed by atoms with Crippen molar-refractivity contribution in [3.63, 3.8) is 0 Å². The Hall–Kier alpha value is -8.77. The smallest absolute Gasteiger partial charge is 0.179 e. The minimum absolute atomic E-state index is 0.601. The second-order valence-corrected chi connectivity index (χ2v) is 21.9. The Bertz CT molecular complexity index is 3680. The molecule has 0 amide bonds. The van der Waals surface area contributed by atoms with Crippen LogP contribution < -0.4 is 20.7 Å². The standard InChI is InChI=1S/C65H48N4Si/c1-45-35-38-56(46(2)41-45)50-36-39-59-58-33-18-19-34-61(58)69(62(59)43-50)51-37-40-57(60(44-51)65-67-63(47-21-8-3-9-22-47)66-64(68-65)48-23-10-4-11-24-48)49-25-20-32-55(42-49)70(52-26-12-5-13-27-52,53-28-14-6-15-29-53)54-30-16-7-17-31-54/h3-44H,1-2H3. The van der Waals surface area contributed by atoms with E-state index < -0.39 is 8.07 Å². The van der Waals surface area contributed by atoms with Gasteiger partial charge in [-0.05, 0) is 86.7 Å². The molecule has 0 saturated heterocycles. The van der Waals surface area contributed by atoms with Crippen molar-refractivity contribution in [1.82, 2.24) is 19.5 Å². The lowest BCUT2D eigenvalue weighted by atomic mass is 9.97. The van der Waals surface area contributed by atoms with Crippen LogP contribution in [0.5, 0.6) is 0 Å². The molecule has 0 N–H and O–H groups in total. The maximum atomic E-state index is 5.39. The van der Waals surface area contributed by atoms with Crippen LogP contribution in [0.25, 0.3) is 83.9 Å². The van der Waals surface area contributed by atoms with Gasteiger partial charge in [0.1, 0.15) is 0 Å². The van der Waals surface area contributed by atoms with Gasteiger partial charge in [-0.2, -0.15) is 0 Å². The predicted octanol–water partition coefficient (Wildman–Crippen LogP) is 13.3. The molecule has 0 saturated carbocycles. The number of fused-ring (bicyclic) bond motifs is 3. The van der Waals surface area contributed by atoms with Gasteiger partial charge in [0.05, 0.1) is 11.0 Å². The largest absolute Gasteiger partial charge is 0.309 e. The fraction of sp³-hybridized carbons (Fsp3) is 0.0308. The minimum Gasteiger partial charge on any atom is -0.309 e. The molecule has 12 aromatic rings. The van der Waals surface area contributed by atoms with Gasteiger partial charge in [-0.1, -0.05) is 236 Å². The summed E-state index contributed by atoms with van der Waals surface area (Å²) in [4.78, 5) is 15.9. The molecule has 332 valence electrons. The molecule has 0 aliphatic rings. The first-order chi connectivity index (χ1) is 34.5. The van der Waals surface area contributed by atoms with E-state index in [4.69, 9.17) is 15.0 Å². The molecule has 12 rings (SSSR count). The van der Waals surface area contributed by atoms with Gasteiger partial charge in [0.2, 0.25) is 0 Å². The van der Waals surface area contributed by atoms with Crippen LogP contribution in [0, 0.1) is 13.8 Å². The summed E-state index contributed by atoms with van der Waals surface area (Å²) >= 11 is 0. The summed E-state index contributed by atoms with van der Waals surface area (Å²) in [5.74, 6) is 1.84. The molecule has 4 nitrogen and oxygen atoms in total. The molecule has 0 radical (unpaired) electrons. The Labute approximate surface area is 409 Å². The molecule has 0 unspecified atom stereocenters. The zero-order valence-electron chi connectivity index (χ0n) is 39.0. The van der Waals surface area contributed by atoms with Crippen molar-refractivity contribution >= 4 is 50.6 Å². The maximum Gasteiger partial charge on any atom is 0.179 e. The summed E-state index contributed by atoms with van der Waals surface area (Å²) in [6.45, 7) is 4.36. The van der Waals surface area contributed by atoms with Crippen LogP contribution in [0.15, 0.2) is 255 Å². The fourth-order valence-corrected chi connectivity index (χ4v) is 15.4. The van der Waals surface area contributed by atoms with Gasteiger partial charge >= 0.3 is 0 Å². The van der Waals surface area contributed by atoms with Crippen LogP contribution in [0.4, 0.5) is 0 Å². The molecular weight excluding hydrogens is 865 g/mol. The van der Waals surface area contributed by atoms with Crippen LogP contribution in [0.1, 0.15) is 11.1 Å². The molecule has 0 fully saturated rings. The molecular formula is C65H48N4Si. The highest BCUT2D eigenvalue weighted by Gasteiger charge is 2.41. The molecule has 0 aliphatic carbocycles. The molecule has 10 aromatic carbocycles. The van der Waals surface area contributed by atoms with E-state index in [0.717, 1.165) is 44.5 Å². The second kappa shape index (κ2) is 18.0. The van der Waals surface area contributed by atoms with Crippen LogP contribution in [0.2, 0.25) is 0 Å². The van der Waals surface area contributed by atoms with E-state index in [0.29, 0.717) is 17.5 Å². The summed E-state index contributed by atoms with van der Waals surface area (Å²) in [5.41, 5.74) is 13.1. The molecule has 70 heavy (non-hydrogen) atoms. The number of benzene rings is 10. The number of aromatic nitrogens is 4. The molecule has 0 bridgehead atoms. The topological polar surface area (TPSA) is 43.6 Å². The fourth-order valence-electron chi connectivity index (χ4n) is 10.6. The van der Waals surface area contributed by atoms with Crippen molar-refractivity contribution in [2.45, 2.75) is 13.8 Å². The van der Waals surface area contributed by atoms with Crippen LogP contribution in [-0.2, 0) is 0 Å². The number of hydrogen-bond donors (Lipinski definition) is 0.